The minimum Gasteiger partial charge on any atom is -0.481 e. The van der Waals surface area contributed by atoms with Crippen molar-refractivity contribution < 1.29 is 165 Å². The second-order valence-corrected chi connectivity index (χ2v) is 35.1. The number of nitrogens with one attached hydrogen (secondary N) is 5. The molecule has 0 bridgehead atoms. The normalized spacial score (nSPS) is 17.7. The number of likely N-dealkylation sites (N-methyl/N-ethyl adjacent to an activating group) is 2. The third-order valence-electron chi connectivity index (χ3n) is 22.6. The van der Waals surface area contributed by atoms with E-state index in [1.165, 1.54) is 37.8 Å². The molecule has 13 N–H and O–H groups in total. The van der Waals surface area contributed by atoms with Gasteiger partial charge in [-0.25, -0.2) is 4.79 Å². The molecule has 18 atom stereocenters. The molecule has 2 heterocycles. The van der Waals surface area contributed by atoms with Gasteiger partial charge in [-0.3, -0.25) is 67.3 Å². The van der Waals surface area contributed by atoms with Gasteiger partial charge in [0.25, 0.3) is 0 Å². The zero-order valence-corrected chi connectivity index (χ0v) is 81.2. The number of esters is 3. The summed E-state index contributed by atoms with van der Waals surface area (Å²) in [7, 11) is 8.28. The number of nitrogens with zero attached hydrogens (tertiary/aromatic N) is 4. The number of thioether (sulfide) groups is 1. The van der Waals surface area contributed by atoms with E-state index < -0.39 is 230 Å². The Morgan fingerprint density at radius 1 is 0.560 bits per heavy atom. The van der Waals surface area contributed by atoms with Gasteiger partial charge in [0.15, 0.2) is 25.2 Å². The first-order chi connectivity index (χ1) is 63.9. The molecule has 3 rings (SSSR count). The van der Waals surface area contributed by atoms with E-state index in [4.69, 9.17) is 66.7 Å². The van der Waals surface area contributed by atoms with Crippen LogP contribution in [-0.4, -0.2) is 401 Å². The van der Waals surface area contributed by atoms with Crippen molar-refractivity contribution in [1.29, 1.82) is 0 Å². The predicted molar refractivity (Wildman–Crippen MR) is 484 cm³/mol. The van der Waals surface area contributed by atoms with Crippen molar-refractivity contribution >= 4 is 88.8 Å². The fraction of sp³-hybridized carbons (Fsp3) is 0.789. The van der Waals surface area contributed by atoms with E-state index in [2.05, 4.69) is 26.6 Å². The maximum absolute atomic E-state index is 14.7. The standard InChI is InChI=1S/C90H153N9O34S/c1-15-58(6)83(97(11)89(119)81(56(2)3)95-87(117)82(57(4)5)96(9)10)68(121-12)42-72(109)98-38-25-29-67(98)84(122-13)59(7)85(115)94-66(41-61-27-18-16-19-28-61)86(116)92-35-26-39-124-90(120)60(8)93-71(108)31-21-22-33-75(113)125-53-65(55-128-79(49-105)131-63(46-102)51-127-78(48-104)130-62(44-100)45-101)133-80(50-106)129-54-64(52-126-76(114)34-24-32-74(111)112)132-77(47-103)123-40-36-91-70(107)30-20-17-23-37-99-73(110)43-69(134-14)88(99)118/h16,18-19,27-28,56-60,62-69,77-84,100-106H,15,17,20-26,29-55H2,1-14H3,(H,91,107)(H,92,116)(H,93,108)(H,94,115)(H,95,117)(H,111,112)/t58-,59+,60?,63?,64?,65?,66-,67-,68+,69?,77?,78?,79?,80?,81-,82-,83-,84+/m0/s1. The van der Waals surface area contributed by atoms with Gasteiger partial charge in [-0.05, 0) is 102 Å². The van der Waals surface area contributed by atoms with Crippen LogP contribution in [-0.2, 0) is 130 Å². The van der Waals surface area contributed by atoms with Crippen LogP contribution in [0.3, 0.4) is 0 Å². The third kappa shape index (κ3) is 44.7. The van der Waals surface area contributed by atoms with Crippen LogP contribution in [0.1, 0.15) is 170 Å². The number of imide groups is 1. The Morgan fingerprint density at radius 3 is 1.64 bits per heavy atom. The minimum atomic E-state index is -1.65. The number of carbonyl (C=O) groups is 13. The maximum Gasteiger partial charge on any atom is 0.328 e. The van der Waals surface area contributed by atoms with E-state index in [1.807, 2.05) is 78.7 Å². The zero-order valence-electron chi connectivity index (χ0n) is 80.4. The van der Waals surface area contributed by atoms with Gasteiger partial charge in [-0.2, -0.15) is 11.8 Å². The SMILES string of the molecule is CC[C@H](C)[C@@H]([C@@H](CC(=O)N1CCC[C@H]1[C@H](OC)[C@@H](C)C(=O)N[C@@H](Cc1ccccc1)C(=O)NCCCOC(=O)C(C)NC(=O)CCCCC(=O)OCC(COC(CO)OC(CO)COC(CO)OC(CO)CO)OC(CO)OCC(COC(=O)CCCC(=O)O)OC(CO)OCCNC(=O)CCCCCN1C(=O)CC(SC)C1=O)OC)N(C)C(=O)[C@@H](NC(=O)[C@H](C(C)C)N(C)C)C(C)C. The molecule has 0 spiro atoms. The Kier molecular flexibility index (Phi) is 60.5. The number of methoxy groups -OCH3 is 2. The molecule has 2 fully saturated rings. The fourth-order valence-electron chi connectivity index (χ4n) is 15.2. The summed E-state index contributed by atoms with van der Waals surface area (Å²) in [6.07, 6.45) is -8.28. The topological polar surface area (TPSA) is 577 Å². The summed E-state index contributed by atoms with van der Waals surface area (Å²) in [4.78, 5) is 179. The van der Waals surface area contributed by atoms with Crippen LogP contribution in [0, 0.1) is 23.7 Å². The van der Waals surface area contributed by atoms with Gasteiger partial charge < -0.3 is 139 Å². The smallest absolute Gasteiger partial charge is 0.328 e. The molecule has 44 heteroatoms. The van der Waals surface area contributed by atoms with Crippen LogP contribution in [0.25, 0.3) is 0 Å². The van der Waals surface area contributed by atoms with Crippen LogP contribution in [0.4, 0.5) is 0 Å². The summed E-state index contributed by atoms with van der Waals surface area (Å²) in [5.41, 5.74) is 0.741. The number of carbonyl (C=O) groups excluding carboxylic acids is 12. The Labute approximate surface area is 790 Å². The predicted octanol–water partition coefficient (Wildman–Crippen LogP) is -0.158. The van der Waals surface area contributed by atoms with Crippen LogP contribution in [0.2, 0.25) is 0 Å². The molecule has 2 aliphatic heterocycles. The summed E-state index contributed by atoms with van der Waals surface area (Å²) in [6, 6.07) is 4.34. The first kappa shape index (κ1) is 120. The number of hydrogen-bond acceptors (Lipinski definition) is 35. The number of rotatable bonds is 75. The number of amides is 9. The molecule has 1 aromatic rings. The minimum absolute atomic E-state index is 0.00637. The second-order valence-electron chi connectivity index (χ2n) is 34.0. The molecule has 0 saturated carbocycles. The van der Waals surface area contributed by atoms with Crippen LogP contribution >= 0.6 is 11.8 Å². The number of aliphatic hydroxyl groups is 7. The lowest BCUT2D eigenvalue weighted by Gasteiger charge is -2.41. The monoisotopic (exact) mass is 1940 g/mol. The Balaban J connectivity index is 1.65. The zero-order chi connectivity index (χ0) is 99.9. The fourth-order valence-corrected chi connectivity index (χ4v) is 15.8. The van der Waals surface area contributed by atoms with E-state index in [0.29, 0.717) is 45.1 Å². The first-order valence-electron chi connectivity index (χ1n) is 46.1. The van der Waals surface area contributed by atoms with Crippen molar-refractivity contribution in [2.45, 2.75) is 274 Å². The molecular formula is C90H153N9O34S. The summed E-state index contributed by atoms with van der Waals surface area (Å²) < 4.78 is 74.0. The summed E-state index contributed by atoms with van der Waals surface area (Å²) >= 11 is 1.32. The van der Waals surface area contributed by atoms with Crippen LogP contribution < -0.4 is 26.6 Å². The van der Waals surface area contributed by atoms with Gasteiger partial charge in [0.1, 0.15) is 55.8 Å². The highest BCUT2D eigenvalue weighted by atomic mass is 32.2. The van der Waals surface area contributed by atoms with Gasteiger partial charge in [0.05, 0.1) is 127 Å². The molecular weight excluding hydrogens is 1780 g/mol. The Morgan fingerprint density at radius 2 is 1.11 bits per heavy atom. The van der Waals surface area contributed by atoms with E-state index in [0.717, 1.165) is 5.56 Å². The largest absolute Gasteiger partial charge is 0.481 e. The van der Waals surface area contributed by atoms with Crippen LogP contribution in [0.5, 0.6) is 0 Å². The highest BCUT2D eigenvalue weighted by Crippen LogP contribution is 2.31. The lowest BCUT2D eigenvalue weighted by molar-refractivity contribution is -0.262. The average molecular weight is 1940 g/mol. The quantitative estimate of drug-likeness (QED) is 0.0132. The highest BCUT2D eigenvalue weighted by molar-refractivity contribution is 8.00. The molecule has 2 aliphatic rings. The third-order valence-corrected chi connectivity index (χ3v) is 23.5. The molecule has 0 aliphatic carbocycles. The van der Waals surface area contributed by atoms with Gasteiger partial charge in [-0.1, -0.05) is 91.6 Å². The number of hydrogen-bond donors (Lipinski definition) is 13. The lowest BCUT2D eigenvalue weighted by atomic mass is 9.89. The van der Waals surface area contributed by atoms with Gasteiger partial charge in [0.2, 0.25) is 53.2 Å². The lowest BCUT2D eigenvalue weighted by Crippen LogP contribution is -2.59. The van der Waals surface area contributed by atoms with Gasteiger partial charge in [0, 0.05) is 92.4 Å². The Hall–Kier alpha value is -7.84. The number of unbranched alkanes of at least 4 members (excludes halogenated alkanes) is 3. The van der Waals surface area contributed by atoms with Crippen LogP contribution in [0.15, 0.2) is 30.3 Å². The van der Waals surface area contributed by atoms with Crippen molar-refractivity contribution in [3.05, 3.63) is 35.9 Å². The van der Waals surface area contributed by atoms with E-state index >= 15 is 0 Å². The molecule has 0 aromatic heterocycles. The first-order valence-corrected chi connectivity index (χ1v) is 47.4. The summed E-state index contributed by atoms with van der Waals surface area (Å²) in [5.74, 6) is -8.17. The van der Waals surface area contributed by atoms with E-state index in [9.17, 15) is 98.1 Å². The molecule has 9 unspecified atom stereocenters. The number of carboxylic acids is 1. The number of likely N-dealkylation sites (tertiary alicyclic amines) is 2. The summed E-state index contributed by atoms with van der Waals surface area (Å²) in [6.45, 7) is 6.61. The van der Waals surface area contributed by atoms with Crippen molar-refractivity contribution in [2.24, 2.45) is 23.7 Å². The van der Waals surface area contributed by atoms with Crippen molar-refractivity contribution in [3.8, 4) is 0 Å². The number of aliphatic carboxylic acids is 1. The van der Waals surface area contributed by atoms with Gasteiger partial charge in [-0.15, -0.1) is 0 Å². The summed E-state index contributed by atoms with van der Waals surface area (Å²) in [5, 5.41) is 92.7. The highest BCUT2D eigenvalue weighted by Gasteiger charge is 2.45. The van der Waals surface area contributed by atoms with E-state index in [-0.39, 0.29) is 163 Å². The molecule has 134 heavy (non-hydrogen) atoms. The average Bonchev–Trinajstić information content (AvgIpc) is 1.05. The molecule has 0 radical (unpaired) electrons. The molecule has 2 saturated heterocycles. The molecule has 1 aromatic carbocycles. The maximum atomic E-state index is 14.7. The molecule has 9 amide bonds. The van der Waals surface area contributed by atoms with Crippen molar-refractivity contribution in [1.82, 2.24) is 46.2 Å². The molecule has 768 valence electrons. The number of aliphatic hydroxyl groups excluding tert-OH is 7. The van der Waals surface area contributed by atoms with Gasteiger partial charge >= 0.3 is 23.9 Å². The number of carboxylic acid groups (broad SMARTS) is 1. The number of benzene rings is 1. The second kappa shape index (κ2) is 67.4. The molecule has 43 nitrogen and oxygen atoms in total. The van der Waals surface area contributed by atoms with Crippen molar-refractivity contribution in [2.75, 3.05) is 160 Å². The Bertz CT molecular complexity index is 3610. The number of ether oxygens (including phenoxy) is 13. The van der Waals surface area contributed by atoms with Crippen molar-refractivity contribution in [3.63, 3.8) is 0 Å². The van der Waals surface area contributed by atoms with E-state index in [1.54, 1.807) is 42.2 Å².